The fourth-order valence-electron chi connectivity index (χ4n) is 2.41. The van der Waals surface area contributed by atoms with Crippen molar-refractivity contribution >= 4 is 23.4 Å². The first-order chi connectivity index (χ1) is 13.1. The normalized spacial score (nSPS) is 12.0. The third-order valence-corrected chi connectivity index (χ3v) is 3.62. The molecule has 0 aromatic heterocycles. The van der Waals surface area contributed by atoms with E-state index in [1.807, 2.05) is 30.3 Å². The molecule has 1 atom stereocenters. The Labute approximate surface area is 163 Å². The molecule has 0 unspecified atom stereocenters. The SMILES string of the molecule is CC(C)(C)OC(=O)[C@@H](Cc1ccccc1)NC(=O)Nc1ccc([N+](=O)[O-])cc1. The maximum absolute atomic E-state index is 12.5. The zero-order chi connectivity index (χ0) is 20.7. The van der Waals surface area contributed by atoms with Gasteiger partial charge in [-0.25, -0.2) is 9.59 Å². The fourth-order valence-corrected chi connectivity index (χ4v) is 2.41. The predicted molar refractivity (Wildman–Crippen MR) is 105 cm³/mol. The van der Waals surface area contributed by atoms with Gasteiger partial charge in [-0.3, -0.25) is 10.1 Å². The molecule has 0 bridgehead atoms. The number of nitro groups is 1. The molecule has 8 heteroatoms. The second kappa shape index (κ2) is 8.98. The molecule has 0 spiro atoms. The Bertz CT molecular complexity index is 829. The highest BCUT2D eigenvalue weighted by atomic mass is 16.6. The molecule has 2 amide bonds. The number of amides is 2. The van der Waals surface area contributed by atoms with Gasteiger partial charge in [0.05, 0.1) is 4.92 Å². The van der Waals surface area contributed by atoms with Crippen LogP contribution in [0.2, 0.25) is 0 Å². The molecule has 148 valence electrons. The summed E-state index contributed by atoms with van der Waals surface area (Å²) in [5, 5.41) is 15.9. The summed E-state index contributed by atoms with van der Waals surface area (Å²) in [6, 6.07) is 13.2. The van der Waals surface area contributed by atoms with Crippen molar-refractivity contribution < 1.29 is 19.2 Å². The smallest absolute Gasteiger partial charge is 0.329 e. The number of hydrogen-bond acceptors (Lipinski definition) is 5. The second-order valence-electron chi connectivity index (χ2n) is 7.18. The molecule has 8 nitrogen and oxygen atoms in total. The van der Waals surface area contributed by atoms with Crippen molar-refractivity contribution in [2.75, 3.05) is 5.32 Å². The van der Waals surface area contributed by atoms with Gasteiger partial charge in [0.2, 0.25) is 0 Å². The Morgan fingerprint density at radius 1 is 1.07 bits per heavy atom. The zero-order valence-electron chi connectivity index (χ0n) is 16.0. The summed E-state index contributed by atoms with van der Waals surface area (Å²) < 4.78 is 5.41. The lowest BCUT2D eigenvalue weighted by molar-refractivity contribution is -0.384. The molecule has 0 saturated heterocycles. The van der Waals surface area contributed by atoms with E-state index in [-0.39, 0.29) is 12.1 Å². The van der Waals surface area contributed by atoms with Crippen LogP contribution in [0, 0.1) is 10.1 Å². The summed E-state index contributed by atoms with van der Waals surface area (Å²) in [6.07, 6.45) is 0.267. The van der Waals surface area contributed by atoms with Crippen LogP contribution >= 0.6 is 0 Å². The molecule has 0 aliphatic rings. The molecule has 2 rings (SSSR count). The number of ether oxygens (including phenoxy) is 1. The van der Waals surface area contributed by atoms with E-state index in [9.17, 15) is 19.7 Å². The van der Waals surface area contributed by atoms with Gasteiger partial charge >= 0.3 is 12.0 Å². The van der Waals surface area contributed by atoms with Crippen molar-refractivity contribution in [3.05, 3.63) is 70.3 Å². The van der Waals surface area contributed by atoms with E-state index >= 15 is 0 Å². The standard InChI is InChI=1S/C20H23N3O5/c1-20(2,3)28-18(24)17(13-14-7-5-4-6-8-14)22-19(25)21-15-9-11-16(12-10-15)23(26)27/h4-12,17H,13H2,1-3H3,(H2,21,22,25)/t17-/m1/s1. The minimum atomic E-state index is -0.889. The number of carbonyl (C=O) groups excluding carboxylic acids is 2. The summed E-state index contributed by atoms with van der Waals surface area (Å²) >= 11 is 0. The molecule has 0 aliphatic heterocycles. The number of urea groups is 1. The van der Waals surface area contributed by atoms with Gasteiger partial charge in [0.1, 0.15) is 11.6 Å². The molecule has 2 N–H and O–H groups in total. The van der Waals surface area contributed by atoms with Crippen molar-refractivity contribution in [3.8, 4) is 0 Å². The molecule has 0 radical (unpaired) electrons. The predicted octanol–water partition coefficient (Wildman–Crippen LogP) is 3.67. The first-order valence-corrected chi connectivity index (χ1v) is 8.73. The van der Waals surface area contributed by atoms with Gasteiger partial charge < -0.3 is 15.4 Å². The van der Waals surface area contributed by atoms with Crippen molar-refractivity contribution in [1.29, 1.82) is 0 Å². The highest BCUT2D eigenvalue weighted by molar-refractivity contribution is 5.92. The number of esters is 1. The monoisotopic (exact) mass is 385 g/mol. The summed E-state index contributed by atoms with van der Waals surface area (Å²) in [5.41, 5.74) is 0.462. The van der Waals surface area contributed by atoms with Gasteiger partial charge in [-0.15, -0.1) is 0 Å². The van der Waals surface area contributed by atoms with Crippen molar-refractivity contribution in [2.45, 2.75) is 38.8 Å². The van der Waals surface area contributed by atoms with Gasteiger partial charge in [0.25, 0.3) is 5.69 Å². The Morgan fingerprint density at radius 3 is 2.21 bits per heavy atom. The van der Waals surface area contributed by atoms with E-state index in [0.29, 0.717) is 5.69 Å². The Kier molecular flexibility index (Phi) is 6.70. The van der Waals surface area contributed by atoms with Gasteiger partial charge in [-0.05, 0) is 38.5 Å². The lowest BCUT2D eigenvalue weighted by Gasteiger charge is -2.24. The van der Waals surface area contributed by atoms with Gasteiger partial charge in [0.15, 0.2) is 0 Å². The number of nitro benzene ring substituents is 1. The number of nitrogens with zero attached hydrogens (tertiary/aromatic N) is 1. The third-order valence-electron chi connectivity index (χ3n) is 3.62. The van der Waals surface area contributed by atoms with Crippen LogP contribution in [0.1, 0.15) is 26.3 Å². The van der Waals surface area contributed by atoms with Crippen LogP contribution in [0.25, 0.3) is 0 Å². The molecule has 0 saturated carbocycles. The highest BCUT2D eigenvalue weighted by Crippen LogP contribution is 2.16. The number of benzene rings is 2. The number of hydrogen-bond donors (Lipinski definition) is 2. The number of anilines is 1. The quantitative estimate of drug-likeness (QED) is 0.448. The van der Waals surface area contributed by atoms with Crippen molar-refractivity contribution in [2.24, 2.45) is 0 Å². The maximum Gasteiger partial charge on any atom is 0.329 e. The third kappa shape index (κ3) is 6.71. The molecular weight excluding hydrogens is 362 g/mol. The van der Waals surface area contributed by atoms with E-state index < -0.39 is 28.6 Å². The second-order valence-corrected chi connectivity index (χ2v) is 7.18. The lowest BCUT2D eigenvalue weighted by atomic mass is 10.1. The number of nitrogens with one attached hydrogen (secondary N) is 2. The summed E-state index contributed by atoms with van der Waals surface area (Å²) in [5.74, 6) is -0.546. The van der Waals surface area contributed by atoms with E-state index in [2.05, 4.69) is 10.6 Å². The number of carbonyl (C=O) groups is 2. The number of rotatable bonds is 6. The lowest BCUT2D eigenvalue weighted by Crippen LogP contribution is -2.47. The topological polar surface area (TPSA) is 111 Å². The van der Waals surface area contributed by atoms with Crippen LogP contribution in [0.3, 0.4) is 0 Å². The van der Waals surface area contributed by atoms with Gasteiger partial charge in [-0.1, -0.05) is 30.3 Å². The van der Waals surface area contributed by atoms with E-state index in [1.165, 1.54) is 24.3 Å². The first kappa shape index (κ1) is 20.9. The maximum atomic E-state index is 12.5. The van der Waals surface area contributed by atoms with E-state index in [0.717, 1.165) is 5.56 Å². The minimum Gasteiger partial charge on any atom is -0.458 e. The van der Waals surface area contributed by atoms with Gasteiger partial charge in [-0.2, -0.15) is 0 Å². The number of non-ortho nitro benzene ring substituents is 1. The summed E-state index contributed by atoms with van der Waals surface area (Å²) in [6.45, 7) is 5.25. The van der Waals surface area contributed by atoms with Crippen LogP contribution < -0.4 is 10.6 Å². The molecule has 0 heterocycles. The minimum absolute atomic E-state index is 0.0818. The first-order valence-electron chi connectivity index (χ1n) is 8.73. The van der Waals surface area contributed by atoms with Crippen molar-refractivity contribution in [3.63, 3.8) is 0 Å². The summed E-state index contributed by atoms with van der Waals surface area (Å²) in [7, 11) is 0. The Morgan fingerprint density at radius 2 is 1.68 bits per heavy atom. The molecule has 28 heavy (non-hydrogen) atoms. The Balaban J connectivity index is 2.08. The Hall–Kier alpha value is -3.42. The molecule has 2 aromatic rings. The van der Waals surface area contributed by atoms with E-state index in [1.54, 1.807) is 20.8 Å². The molecular formula is C20H23N3O5. The summed E-state index contributed by atoms with van der Waals surface area (Å²) in [4.78, 5) is 35.0. The average Bonchev–Trinajstić information content (AvgIpc) is 2.61. The zero-order valence-corrected chi connectivity index (χ0v) is 16.0. The van der Waals surface area contributed by atoms with Crippen LogP contribution in [-0.4, -0.2) is 28.6 Å². The largest absolute Gasteiger partial charge is 0.458 e. The van der Waals surface area contributed by atoms with Crippen LogP contribution in [0.5, 0.6) is 0 Å². The average molecular weight is 385 g/mol. The molecule has 2 aromatic carbocycles. The highest BCUT2D eigenvalue weighted by Gasteiger charge is 2.27. The fraction of sp³-hybridized carbons (Fsp3) is 0.300. The van der Waals surface area contributed by atoms with Crippen LogP contribution in [0.15, 0.2) is 54.6 Å². The van der Waals surface area contributed by atoms with E-state index in [4.69, 9.17) is 4.74 Å². The van der Waals surface area contributed by atoms with Gasteiger partial charge in [0, 0.05) is 24.2 Å². The molecule has 0 fully saturated rings. The molecule has 0 aliphatic carbocycles. The van der Waals surface area contributed by atoms with Crippen LogP contribution in [-0.2, 0) is 16.0 Å². The van der Waals surface area contributed by atoms with Crippen LogP contribution in [0.4, 0.5) is 16.2 Å². The van der Waals surface area contributed by atoms with Crippen molar-refractivity contribution in [1.82, 2.24) is 5.32 Å².